The number of nitrogens with zero attached hydrogens (tertiary/aromatic N) is 1. The fraction of sp³-hybridized carbons (Fsp3) is 0.438. The quantitative estimate of drug-likeness (QED) is 0.807. The van der Waals surface area contributed by atoms with Crippen molar-refractivity contribution in [3.8, 4) is 11.8 Å². The van der Waals surface area contributed by atoms with Crippen molar-refractivity contribution in [1.82, 2.24) is 10.2 Å². The molecule has 0 unspecified atom stereocenters. The maximum absolute atomic E-state index is 11.8. The van der Waals surface area contributed by atoms with Gasteiger partial charge >= 0.3 is 6.03 Å². The van der Waals surface area contributed by atoms with Crippen LogP contribution in [0.1, 0.15) is 30.9 Å². The molecule has 1 aromatic rings. The molecule has 108 valence electrons. The van der Waals surface area contributed by atoms with Gasteiger partial charge in [0.1, 0.15) is 0 Å². The molecule has 20 heavy (non-hydrogen) atoms. The third-order valence-electron chi connectivity index (χ3n) is 2.76. The Kier molecular flexibility index (Phi) is 7.23. The zero-order valence-electron chi connectivity index (χ0n) is 12.1. The Morgan fingerprint density at radius 2 is 2.15 bits per heavy atom. The van der Waals surface area contributed by atoms with E-state index in [4.69, 9.17) is 5.11 Å². The first-order valence-electron chi connectivity index (χ1n) is 6.85. The van der Waals surface area contributed by atoms with Crippen LogP contribution in [0, 0.1) is 11.8 Å². The van der Waals surface area contributed by atoms with E-state index in [2.05, 4.69) is 17.2 Å². The topological polar surface area (TPSA) is 52.6 Å². The van der Waals surface area contributed by atoms with Crippen LogP contribution in [0.2, 0.25) is 0 Å². The van der Waals surface area contributed by atoms with Crippen LogP contribution in [0.25, 0.3) is 0 Å². The standard InChI is InChI=1S/C16H22N2O2/c1-3-11-17-16(20)18(2)13-15-10-5-4-8-14(15)9-6-7-12-19/h4-5,8,10,19H,3,7,11-13H2,1-2H3,(H,17,20). The maximum atomic E-state index is 11.8. The highest BCUT2D eigenvalue weighted by Gasteiger charge is 2.09. The van der Waals surface area contributed by atoms with Gasteiger partial charge in [-0.1, -0.05) is 37.0 Å². The molecule has 0 spiro atoms. The van der Waals surface area contributed by atoms with Gasteiger partial charge in [0.2, 0.25) is 0 Å². The third-order valence-corrected chi connectivity index (χ3v) is 2.76. The van der Waals surface area contributed by atoms with E-state index in [1.807, 2.05) is 31.2 Å². The minimum atomic E-state index is -0.0787. The summed E-state index contributed by atoms with van der Waals surface area (Å²) in [6.45, 7) is 3.28. The van der Waals surface area contributed by atoms with Crippen molar-refractivity contribution in [3.05, 3.63) is 35.4 Å². The SMILES string of the molecule is CCCNC(=O)N(C)Cc1ccccc1C#CCCO. The highest BCUT2D eigenvalue weighted by Crippen LogP contribution is 2.10. The number of aliphatic hydroxyl groups is 1. The normalized spacial score (nSPS) is 9.55. The molecule has 1 aromatic carbocycles. The van der Waals surface area contributed by atoms with Crippen LogP contribution in [0.4, 0.5) is 4.79 Å². The van der Waals surface area contributed by atoms with Crippen LogP contribution in [0.3, 0.4) is 0 Å². The molecule has 0 aromatic heterocycles. The molecular weight excluding hydrogens is 252 g/mol. The molecule has 1 rings (SSSR count). The Morgan fingerprint density at radius 3 is 2.85 bits per heavy atom. The maximum Gasteiger partial charge on any atom is 0.317 e. The average molecular weight is 274 g/mol. The van der Waals surface area contributed by atoms with Crippen LogP contribution in [0.15, 0.2) is 24.3 Å². The van der Waals surface area contributed by atoms with E-state index in [-0.39, 0.29) is 12.6 Å². The summed E-state index contributed by atoms with van der Waals surface area (Å²) < 4.78 is 0. The van der Waals surface area contributed by atoms with Gasteiger partial charge in [-0.15, -0.1) is 0 Å². The van der Waals surface area contributed by atoms with Gasteiger partial charge < -0.3 is 15.3 Å². The van der Waals surface area contributed by atoms with Crippen LogP contribution in [-0.2, 0) is 6.54 Å². The van der Waals surface area contributed by atoms with Crippen molar-refractivity contribution in [2.75, 3.05) is 20.2 Å². The van der Waals surface area contributed by atoms with Gasteiger partial charge in [-0.25, -0.2) is 4.79 Å². The summed E-state index contributed by atoms with van der Waals surface area (Å²) in [4.78, 5) is 13.5. The molecule has 0 heterocycles. The lowest BCUT2D eigenvalue weighted by Gasteiger charge is -2.18. The number of hydrogen-bond donors (Lipinski definition) is 2. The van der Waals surface area contributed by atoms with Gasteiger partial charge in [-0.2, -0.15) is 0 Å². The van der Waals surface area contributed by atoms with E-state index >= 15 is 0 Å². The summed E-state index contributed by atoms with van der Waals surface area (Å²) in [7, 11) is 1.77. The van der Waals surface area contributed by atoms with Crippen molar-refractivity contribution in [3.63, 3.8) is 0 Å². The fourth-order valence-electron chi connectivity index (χ4n) is 1.69. The Balaban J connectivity index is 2.72. The molecule has 0 aliphatic rings. The first-order valence-corrected chi connectivity index (χ1v) is 6.85. The number of benzene rings is 1. The lowest BCUT2D eigenvalue weighted by molar-refractivity contribution is 0.207. The van der Waals surface area contributed by atoms with Crippen molar-refractivity contribution in [2.45, 2.75) is 26.3 Å². The Morgan fingerprint density at radius 1 is 1.40 bits per heavy atom. The minimum absolute atomic E-state index is 0.0640. The number of amides is 2. The Bertz CT molecular complexity index is 489. The van der Waals surface area contributed by atoms with Gasteiger partial charge in [0.05, 0.1) is 6.61 Å². The monoisotopic (exact) mass is 274 g/mol. The zero-order chi connectivity index (χ0) is 14.8. The smallest absolute Gasteiger partial charge is 0.317 e. The minimum Gasteiger partial charge on any atom is -0.395 e. The van der Waals surface area contributed by atoms with Crippen LogP contribution >= 0.6 is 0 Å². The molecule has 0 saturated carbocycles. The lowest BCUT2D eigenvalue weighted by atomic mass is 10.1. The van der Waals surface area contributed by atoms with Gasteiger partial charge in [0, 0.05) is 32.1 Å². The molecule has 2 N–H and O–H groups in total. The lowest BCUT2D eigenvalue weighted by Crippen LogP contribution is -2.37. The predicted octanol–water partition coefficient (Wildman–Crippen LogP) is 1.97. The number of nitrogens with one attached hydrogen (secondary N) is 1. The number of hydrogen-bond acceptors (Lipinski definition) is 2. The second-order valence-corrected chi connectivity index (χ2v) is 4.52. The molecule has 2 amide bonds. The Labute approximate surface area is 120 Å². The summed E-state index contributed by atoms with van der Waals surface area (Å²) in [5.41, 5.74) is 1.91. The van der Waals surface area contributed by atoms with Gasteiger partial charge in [-0.3, -0.25) is 0 Å². The van der Waals surface area contributed by atoms with Crippen LogP contribution in [-0.4, -0.2) is 36.2 Å². The molecule has 0 radical (unpaired) electrons. The van der Waals surface area contributed by atoms with Gasteiger partial charge in [-0.05, 0) is 18.1 Å². The number of carbonyl (C=O) groups excluding carboxylic acids is 1. The molecule has 4 heteroatoms. The zero-order valence-corrected chi connectivity index (χ0v) is 12.1. The summed E-state index contributed by atoms with van der Waals surface area (Å²) in [5.74, 6) is 5.94. The van der Waals surface area contributed by atoms with Crippen molar-refractivity contribution in [2.24, 2.45) is 0 Å². The molecule has 4 nitrogen and oxygen atoms in total. The first kappa shape index (κ1) is 16.1. The van der Waals surface area contributed by atoms with E-state index in [9.17, 15) is 4.79 Å². The largest absolute Gasteiger partial charge is 0.395 e. The van der Waals surface area contributed by atoms with E-state index in [1.54, 1.807) is 11.9 Å². The summed E-state index contributed by atoms with van der Waals surface area (Å²) in [5, 5.41) is 11.6. The van der Waals surface area contributed by atoms with Crippen molar-refractivity contribution < 1.29 is 9.90 Å². The number of rotatable bonds is 5. The van der Waals surface area contributed by atoms with Gasteiger partial charge in [0.25, 0.3) is 0 Å². The molecule has 0 atom stereocenters. The number of carbonyl (C=O) groups is 1. The van der Waals surface area contributed by atoms with E-state index < -0.39 is 0 Å². The highest BCUT2D eigenvalue weighted by atomic mass is 16.2. The van der Waals surface area contributed by atoms with Gasteiger partial charge in [0.15, 0.2) is 0 Å². The summed E-state index contributed by atoms with van der Waals surface area (Å²) in [6, 6.07) is 7.67. The average Bonchev–Trinajstić information content (AvgIpc) is 2.46. The fourth-order valence-corrected chi connectivity index (χ4v) is 1.69. The van der Waals surface area contributed by atoms with Crippen LogP contribution < -0.4 is 5.32 Å². The third kappa shape index (κ3) is 5.33. The molecule has 0 aliphatic heterocycles. The number of urea groups is 1. The number of aliphatic hydroxyl groups excluding tert-OH is 1. The highest BCUT2D eigenvalue weighted by molar-refractivity contribution is 5.73. The molecule has 0 saturated heterocycles. The molecule has 0 fully saturated rings. The summed E-state index contributed by atoms with van der Waals surface area (Å²) in [6.07, 6.45) is 1.38. The van der Waals surface area contributed by atoms with Crippen molar-refractivity contribution in [1.29, 1.82) is 0 Å². The molecule has 0 bridgehead atoms. The van der Waals surface area contributed by atoms with Crippen LogP contribution in [0.5, 0.6) is 0 Å². The second-order valence-electron chi connectivity index (χ2n) is 4.52. The van der Waals surface area contributed by atoms with Crippen molar-refractivity contribution >= 4 is 6.03 Å². The Hall–Kier alpha value is -1.99. The first-order chi connectivity index (χ1) is 9.69. The summed E-state index contributed by atoms with van der Waals surface area (Å²) >= 11 is 0. The molecular formula is C16H22N2O2. The van der Waals surface area contributed by atoms with E-state index in [0.29, 0.717) is 19.5 Å². The van der Waals surface area contributed by atoms with E-state index in [1.165, 1.54) is 0 Å². The van der Waals surface area contributed by atoms with E-state index in [0.717, 1.165) is 17.5 Å². The molecule has 0 aliphatic carbocycles. The predicted molar refractivity (Wildman–Crippen MR) is 80.2 cm³/mol. The second kappa shape index (κ2) is 9.00.